The molecule has 10 nitrogen and oxygen atoms in total. The van der Waals surface area contributed by atoms with Crippen LogP contribution in [-0.2, 0) is 22.5 Å². The van der Waals surface area contributed by atoms with Crippen LogP contribution in [0.4, 0.5) is 5.69 Å². The molecule has 0 bridgehead atoms. The van der Waals surface area contributed by atoms with Crippen molar-refractivity contribution in [1.82, 2.24) is 14.4 Å². The van der Waals surface area contributed by atoms with Gasteiger partial charge in [0.1, 0.15) is 18.1 Å². The molecule has 0 spiro atoms. The number of likely N-dealkylation sites (tertiary alicyclic amines) is 1. The van der Waals surface area contributed by atoms with Crippen molar-refractivity contribution in [3.05, 3.63) is 69.9 Å². The summed E-state index contributed by atoms with van der Waals surface area (Å²) in [5.41, 5.74) is 13.8. The summed E-state index contributed by atoms with van der Waals surface area (Å²) in [7, 11) is 0. The molecule has 5 rings (SSSR count). The zero-order valence-corrected chi connectivity index (χ0v) is 20.2. The molecule has 3 atom stereocenters. The summed E-state index contributed by atoms with van der Waals surface area (Å²) in [4.78, 5) is 29.5. The minimum Gasteiger partial charge on any atom is -0.627 e. The summed E-state index contributed by atoms with van der Waals surface area (Å²) < 4.78 is 4.61. The Morgan fingerprint density at radius 1 is 1.06 bits per heavy atom. The normalized spacial score (nSPS) is 26.1. The third-order valence-electron chi connectivity index (χ3n) is 7.70. The van der Waals surface area contributed by atoms with E-state index in [9.17, 15) is 14.8 Å². The fourth-order valence-corrected chi connectivity index (χ4v) is 5.68. The summed E-state index contributed by atoms with van der Waals surface area (Å²) in [6, 6.07) is 11.2. The van der Waals surface area contributed by atoms with Gasteiger partial charge < -0.3 is 31.0 Å². The third kappa shape index (κ3) is 4.48. The van der Waals surface area contributed by atoms with Gasteiger partial charge in [0.25, 0.3) is 5.91 Å². The number of nitrogens with one attached hydrogen (secondary N) is 1. The number of nitrogens with two attached hydrogens (primary N) is 2. The Balaban J connectivity index is 1.43. The van der Waals surface area contributed by atoms with Crippen molar-refractivity contribution in [2.75, 3.05) is 39.4 Å². The number of amidine groups is 1. The molecule has 2 saturated heterocycles. The number of nitrogens with zero attached hydrogens (tertiary/aromatic N) is 3. The minimum absolute atomic E-state index is 0.0184. The highest BCUT2D eigenvalue weighted by atomic mass is 16.6. The van der Waals surface area contributed by atoms with E-state index in [0.717, 1.165) is 25.1 Å². The number of ether oxygens (including phenoxy) is 1. The van der Waals surface area contributed by atoms with Crippen LogP contribution in [0.25, 0.3) is 0 Å². The maximum atomic E-state index is 14.7. The lowest BCUT2D eigenvalue weighted by atomic mass is 10.1. The Morgan fingerprint density at radius 2 is 1.75 bits per heavy atom. The number of carbonyl (C=O) groups excluding carboxylic acids is 2. The maximum Gasteiger partial charge on any atom is 0.282 e. The van der Waals surface area contributed by atoms with Crippen molar-refractivity contribution in [3.63, 3.8) is 0 Å². The second kappa shape index (κ2) is 9.62. The quantitative estimate of drug-likeness (QED) is 0.236. The number of hydrogen-bond donors (Lipinski definition) is 3. The molecule has 10 heteroatoms. The van der Waals surface area contributed by atoms with Crippen molar-refractivity contribution in [2.24, 2.45) is 11.5 Å². The Morgan fingerprint density at radius 3 is 2.42 bits per heavy atom. The summed E-state index contributed by atoms with van der Waals surface area (Å²) in [5.74, 6) is -0.810. The highest BCUT2D eigenvalue weighted by Gasteiger charge is 2.48. The first kappa shape index (κ1) is 24.4. The van der Waals surface area contributed by atoms with E-state index >= 15 is 0 Å². The number of fused-ring (bicyclic) bond motifs is 1. The van der Waals surface area contributed by atoms with Gasteiger partial charge in [0.2, 0.25) is 5.91 Å². The molecule has 0 aromatic heterocycles. The first-order chi connectivity index (χ1) is 17.3. The number of quaternary nitrogens is 1. The summed E-state index contributed by atoms with van der Waals surface area (Å²) >= 11 is 0. The van der Waals surface area contributed by atoms with E-state index < -0.39 is 16.6 Å². The van der Waals surface area contributed by atoms with E-state index in [1.165, 1.54) is 0 Å². The molecule has 2 aromatic rings. The van der Waals surface area contributed by atoms with E-state index in [4.69, 9.17) is 21.6 Å². The van der Waals surface area contributed by atoms with Gasteiger partial charge in [-0.25, -0.2) is 0 Å². The standard InChI is InChI=1S/C26H32N6O4/c27-24(28)20-6-5-19-13-23(26(34)31-8-7-21(15-31)30-9-11-36-12-10-30)32(35,22(19)14-20)16-17-1-3-18(4-2-17)25(29)33/h1-6,14,21,23H,7-13,15-16H2,(H3,27,28)(H2,29,33)/t21-,23?,32?/m1/s1. The fraction of sp³-hybridized carbons (Fsp3) is 0.423. The average molecular weight is 493 g/mol. The zero-order valence-electron chi connectivity index (χ0n) is 20.2. The van der Waals surface area contributed by atoms with Gasteiger partial charge in [-0.05, 0) is 18.6 Å². The summed E-state index contributed by atoms with van der Waals surface area (Å²) in [6.07, 6.45) is 1.21. The predicted octanol–water partition coefficient (Wildman–Crippen LogP) is 0.933. The molecule has 36 heavy (non-hydrogen) atoms. The van der Waals surface area contributed by atoms with Crippen LogP contribution in [0.15, 0.2) is 42.5 Å². The molecule has 2 fully saturated rings. The number of amides is 2. The smallest absolute Gasteiger partial charge is 0.282 e. The number of nitrogen functional groups attached to an aromatic ring is 1. The molecule has 3 aliphatic heterocycles. The Kier molecular flexibility index (Phi) is 6.52. The van der Waals surface area contributed by atoms with Crippen LogP contribution in [0.3, 0.4) is 0 Å². The lowest BCUT2D eigenvalue weighted by molar-refractivity contribution is -0.134. The Labute approximate surface area is 210 Å². The molecule has 0 aliphatic carbocycles. The van der Waals surface area contributed by atoms with Gasteiger partial charge >= 0.3 is 0 Å². The van der Waals surface area contributed by atoms with Crippen LogP contribution < -0.4 is 16.1 Å². The lowest BCUT2D eigenvalue weighted by Crippen LogP contribution is -2.57. The SMILES string of the molecule is N=C(N)c1ccc2c(c1)[N+]([O-])(Cc1ccc(C(N)=O)cc1)C(C(=O)N1CC[C@@H](N3CCOCC3)C1)C2. The van der Waals surface area contributed by atoms with Crippen molar-refractivity contribution < 1.29 is 14.3 Å². The molecular formula is C26H32N6O4. The second-order valence-corrected chi connectivity index (χ2v) is 9.87. The molecule has 0 radical (unpaired) electrons. The van der Waals surface area contributed by atoms with Crippen molar-refractivity contribution in [1.29, 1.82) is 5.41 Å². The van der Waals surface area contributed by atoms with E-state index in [1.807, 2.05) is 4.90 Å². The predicted molar refractivity (Wildman–Crippen MR) is 136 cm³/mol. The van der Waals surface area contributed by atoms with E-state index in [1.54, 1.807) is 42.5 Å². The number of hydroxylamine groups is 2. The van der Waals surface area contributed by atoms with E-state index in [0.29, 0.717) is 55.1 Å². The molecular weight excluding hydrogens is 460 g/mol. The Hall–Kier alpha value is -3.31. The second-order valence-electron chi connectivity index (χ2n) is 9.87. The summed E-state index contributed by atoms with van der Waals surface area (Å²) in [5, 5.41) is 22.5. The molecule has 2 amide bonds. The van der Waals surface area contributed by atoms with Crippen LogP contribution in [0.1, 0.15) is 33.5 Å². The first-order valence-electron chi connectivity index (χ1n) is 12.3. The fourth-order valence-electron chi connectivity index (χ4n) is 5.68. The van der Waals surface area contributed by atoms with Gasteiger partial charge in [0.05, 0.1) is 13.2 Å². The van der Waals surface area contributed by atoms with Gasteiger partial charge in [0, 0.05) is 67.0 Å². The van der Waals surface area contributed by atoms with Gasteiger partial charge in [-0.15, -0.1) is 0 Å². The van der Waals surface area contributed by atoms with Crippen LogP contribution in [0.5, 0.6) is 0 Å². The molecule has 3 heterocycles. The Bertz CT molecular complexity index is 1180. The third-order valence-corrected chi connectivity index (χ3v) is 7.70. The zero-order chi connectivity index (χ0) is 25.4. The number of primary amides is 1. The number of carbonyl (C=O) groups is 2. The summed E-state index contributed by atoms with van der Waals surface area (Å²) in [6.45, 7) is 4.38. The molecule has 3 aliphatic rings. The van der Waals surface area contributed by atoms with Crippen LogP contribution >= 0.6 is 0 Å². The average Bonchev–Trinajstić information content (AvgIpc) is 3.48. The van der Waals surface area contributed by atoms with Gasteiger partial charge in [-0.1, -0.05) is 24.3 Å². The van der Waals surface area contributed by atoms with Crippen molar-refractivity contribution >= 4 is 23.3 Å². The highest BCUT2D eigenvalue weighted by molar-refractivity contribution is 5.97. The van der Waals surface area contributed by atoms with Gasteiger partial charge in [-0.2, -0.15) is 0 Å². The number of rotatable bonds is 6. The van der Waals surface area contributed by atoms with E-state index in [2.05, 4.69) is 4.90 Å². The van der Waals surface area contributed by atoms with Crippen molar-refractivity contribution in [2.45, 2.75) is 31.5 Å². The number of benzene rings is 2. The van der Waals surface area contributed by atoms with Crippen LogP contribution in [-0.4, -0.2) is 78.9 Å². The maximum absolute atomic E-state index is 14.7. The van der Waals surface area contributed by atoms with Gasteiger partial charge in [0.15, 0.2) is 6.04 Å². The largest absolute Gasteiger partial charge is 0.627 e. The molecule has 2 aromatic carbocycles. The van der Waals surface area contributed by atoms with Crippen LogP contribution in [0, 0.1) is 10.6 Å². The molecule has 190 valence electrons. The van der Waals surface area contributed by atoms with Gasteiger partial charge in [-0.3, -0.25) is 19.9 Å². The topological polar surface area (TPSA) is 149 Å². The monoisotopic (exact) mass is 492 g/mol. The van der Waals surface area contributed by atoms with Crippen LogP contribution in [0.2, 0.25) is 0 Å². The van der Waals surface area contributed by atoms with E-state index in [-0.39, 0.29) is 24.3 Å². The number of morpholine rings is 1. The molecule has 0 saturated carbocycles. The number of hydrogen-bond acceptors (Lipinski definition) is 6. The lowest BCUT2D eigenvalue weighted by Gasteiger charge is -2.44. The van der Waals surface area contributed by atoms with Crippen molar-refractivity contribution in [3.8, 4) is 0 Å². The highest BCUT2D eigenvalue weighted by Crippen LogP contribution is 2.42. The molecule has 5 N–H and O–H groups in total. The molecule has 2 unspecified atom stereocenters. The first-order valence-corrected chi connectivity index (χ1v) is 12.3. The minimum atomic E-state index is -0.857.